The molecule has 0 radical (unpaired) electrons. The molecule has 18 heavy (non-hydrogen) atoms. The molecule has 0 fully saturated rings. The van der Waals surface area contributed by atoms with Crippen LogP contribution in [-0.2, 0) is 26.1 Å². The van der Waals surface area contributed by atoms with Crippen LogP contribution in [0.3, 0.4) is 0 Å². The number of thiophene rings is 1. The summed E-state index contributed by atoms with van der Waals surface area (Å²) in [5.74, 6) is 1.10. The lowest BCUT2D eigenvalue weighted by Gasteiger charge is -2.26. The van der Waals surface area contributed by atoms with E-state index < -0.39 is 0 Å². The molecule has 0 aromatic carbocycles. The number of nitrogens with one attached hydrogen (secondary N) is 1. The largest absolute Gasteiger partial charge is 0.468 e. The Labute approximate surface area is 111 Å². The lowest BCUT2D eigenvalue weighted by Crippen LogP contribution is -2.29. The van der Waals surface area contributed by atoms with Gasteiger partial charge in [0.05, 0.1) is 12.8 Å². The van der Waals surface area contributed by atoms with Gasteiger partial charge >= 0.3 is 0 Å². The van der Waals surface area contributed by atoms with Gasteiger partial charge in [-0.2, -0.15) is 0 Å². The SMILES string of the molecule is CNCc1ccoc1CN1CCc2sccc2C1. The zero-order valence-electron chi connectivity index (χ0n) is 10.6. The fourth-order valence-corrected chi connectivity index (χ4v) is 3.39. The van der Waals surface area contributed by atoms with Crippen LogP contribution in [0.4, 0.5) is 0 Å². The molecule has 3 heterocycles. The van der Waals surface area contributed by atoms with E-state index in [0.717, 1.165) is 31.9 Å². The highest BCUT2D eigenvalue weighted by atomic mass is 32.1. The Bertz CT molecular complexity index is 517. The average Bonchev–Trinajstić information content (AvgIpc) is 2.99. The van der Waals surface area contributed by atoms with Gasteiger partial charge in [-0.25, -0.2) is 0 Å². The Morgan fingerprint density at radius 1 is 1.44 bits per heavy atom. The predicted octanol–water partition coefficient (Wildman–Crippen LogP) is 2.62. The fraction of sp³-hybridized carbons (Fsp3) is 0.429. The number of nitrogens with zero attached hydrogens (tertiary/aromatic N) is 1. The summed E-state index contributed by atoms with van der Waals surface area (Å²) in [6.07, 6.45) is 2.97. The predicted molar refractivity (Wildman–Crippen MR) is 73.6 cm³/mol. The van der Waals surface area contributed by atoms with Crippen LogP contribution in [0, 0.1) is 0 Å². The van der Waals surface area contributed by atoms with Crippen molar-refractivity contribution in [1.82, 2.24) is 10.2 Å². The third-order valence-electron chi connectivity index (χ3n) is 3.46. The first-order valence-electron chi connectivity index (χ1n) is 6.34. The molecule has 2 aromatic heterocycles. The summed E-state index contributed by atoms with van der Waals surface area (Å²) in [6, 6.07) is 4.31. The van der Waals surface area contributed by atoms with Gasteiger partial charge in [-0.3, -0.25) is 4.90 Å². The molecule has 0 bridgehead atoms. The quantitative estimate of drug-likeness (QED) is 0.918. The van der Waals surface area contributed by atoms with Gasteiger partial charge in [0, 0.05) is 30.1 Å². The van der Waals surface area contributed by atoms with E-state index in [2.05, 4.69) is 27.7 Å². The van der Waals surface area contributed by atoms with Gasteiger partial charge in [-0.15, -0.1) is 11.3 Å². The fourth-order valence-electron chi connectivity index (χ4n) is 2.50. The van der Waals surface area contributed by atoms with E-state index in [4.69, 9.17) is 4.42 Å². The standard InChI is InChI=1S/C14H18N2OS/c1-15-8-11-3-6-17-13(11)10-16-5-2-14-12(9-16)4-7-18-14/h3-4,6-7,15H,2,5,8-10H2,1H3. The van der Waals surface area contributed by atoms with E-state index in [1.807, 2.05) is 18.4 Å². The number of furan rings is 1. The molecule has 2 aromatic rings. The molecule has 1 N–H and O–H groups in total. The third kappa shape index (κ3) is 2.36. The van der Waals surface area contributed by atoms with Gasteiger partial charge in [-0.05, 0) is 36.5 Å². The summed E-state index contributed by atoms with van der Waals surface area (Å²) in [4.78, 5) is 4.02. The number of hydrogen-bond donors (Lipinski definition) is 1. The first-order valence-corrected chi connectivity index (χ1v) is 7.22. The van der Waals surface area contributed by atoms with Gasteiger partial charge in [0.15, 0.2) is 0 Å². The van der Waals surface area contributed by atoms with Gasteiger partial charge in [0.1, 0.15) is 5.76 Å². The highest BCUT2D eigenvalue weighted by Crippen LogP contribution is 2.25. The second kappa shape index (κ2) is 5.26. The summed E-state index contributed by atoms with van der Waals surface area (Å²) in [5, 5.41) is 5.38. The highest BCUT2D eigenvalue weighted by molar-refractivity contribution is 7.10. The Balaban J connectivity index is 1.69. The van der Waals surface area contributed by atoms with Crippen LogP contribution in [-0.4, -0.2) is 18.5 Å². The van der Waals surface area contributed by atoms with Crippen LogP contribution >= 0.6 is 11.3 Å². The minimum atomic E-state index is 0.878. The molecule has 3 rings (SSSR count). The summed E-state index contributed by atoms with van der Waals surface area (Å²) >= 11 is 1.89. The second-order valence-electron chi connectivity index (χ2n) is 4.73. The van der Waals surface area contributed by atoms with Crippen molar-refractivity contribution in [2.75, 3.05) is 13.6 Å². The lowest BCUT2D eigenvalue weighted by molar-refractivity contribution is 0.226. The topological polar surface area (TPSA) is 28.4 Å². The zero-order chi connectivity index (χ0) is 12.4. The summed E-state index contributed by atoms with van der Waals surface area (Å²) in [6.45, 7) is 3.98. The maximum Gasteiger partial charge on any atom is 0.122 e. The number of hydrogen-bond acceptors (Lipinski definition) is 4. The van der Waals surface area contributed by atoms with E-state index in [-0.39, 0.29) is 0 Å². The van der Waals surface area contributed by atoms with Crippen LogP contribution in [0.1, 0.15) is 21.8 Å². The van der Waals surface area contributed by atoms with Crippen molar-refractivity contribution in [3.8, 4) is 0 Å². The molecule has 0 amide bonds. The van der Waals surface area contributed by atoms with Gasteiger partial charge in [0.2, 0.25) is 0 Å². The summed E-state index contributed by atoms with van der Waals surface area (Å²) in [5.41, 5.74) is 2.77. The molecule has 0 saturated heterocycles. The molecular formula is C14H18N2OS. The Morgan fingerprint density at radius 3 is 3.28 bits per heavy atom. The molecule has 0 unspecified atom stereocenters. The molecule has 96 valence electrons. The van der Waals surface area contributed by atoms with Crippen LogP contribution in [0.15, 0.2) is 28.2 Å². The maximum atomic E-state index is 5.61. The molecule has 3 nitrogen and oxygen atoms in total. The molecule has 1 aliphatic rings. The van der Waals surface area contributed by atoms with Crippen molar-refractivity contribution in [3.63, 3.8) is 0 Å². The molecular weight excluding hydrogens is 244 g/mol. The van der Waals surface area contributed by atoms with E-state index >= 15 is 0 Å². The maximum absolute atomic E-state index is 5.61. The molecule has 1 aliphatic heterocycles. The van der Waals surface area contributed by atoms with E-state index in [1.165, 1.54) is 17.5 Å². The van der Waals surface area contributed by atoms with Crippen LogP contribution in [0.5, 0.6) is 0 Å². The van der Waals surface area contributed by atoms with Crippen molar-refractivity contribution in [2.24, 2.45) is 0 Å². The normalized spacial score (nSPS) is 15.8. The van der Waals surface area contributed by atoms with E-state index in [9.17, 15) is 0 Å². The molecule has 0 spiro atoms. The molecule has 0 aliphatic carbocycles. The zero-order valence-corrected chi connectivity index (χ0v) is 11.4. The van der Waals surface area contributed by atoms with Crippen LogP contribution in [0.25, 0.3) is 0 Å². The monoisotopic (exact) mass is 262 g/mol. The highest BCUT2D eigenvalue weighted by Gasteiger charge is 2.19. The first-order chi connectivity index (χ1) is 8.86. The number of fused-ring (bicyclic) bond motifs is 1. The van der Waals surface area contributed by atoms with Gasteiger partial charge < -0.3 is 9.73 Å². The Kier molecular flexibility index (Phi) is 3.50. The van der Waals surface area contributed by atoms with Gasteiger partial charge in [-0.1, -0.05) is 0 Å². The van der Waals surface area contributed by atoms with Gasteiger partial charge in [0.25, 0.3) is 0 Å². The van der Waals surface area contributed by atoms with E-state index in [1.54, 1.807) is 11.1 Å². The average molecular weight is 262 g/mol. The third-order valence-corrected chi connectivity index (χ3v) is 4.48. The minimum Gasteiger partial charge on any atom is -0.468 e. The van der Waals surface area contributed by atoms with Crippen molar-refractivity contribution in [2.45, 2.75) is 26.1 Å². The Hall–Kier alpha value is -1.10. The van der Waals surface area contributed by atoms with Crippen molar-refractivity contribution in [1.29, 1.82) is 0 Å². The summed E-state index contributed by atoms with van der Waals surface area (Å²) < 4.78 is 5.61. The minimum absolute atomic E-state index is 0.878. The first kappa shape index (κ1) is 12.0. The van der Waals surface area contributed by atoms with Crippen molar-refractivity contribution in [3.05, 3.63) is 45.5 Å². The number of rotatable bonds is 4. The van der Waals surface area contributed by atoms with Crippen LogP contribution < -0.4 is 5.32 Å². The van der Waals surface area contributed by atoms with E-state index in [0.29, 0.717) is 0 Å². The Morgan fingerprint density at radius 2 is 2.39 bits per heavy atom. The van der Waals surface area contributed by atoms with Crippen LogP contribution in [0.2, 0.25) is 0 Å². The molecule has 0 saturated carbocycles. The second-order valence-corrected chi connectivity index (χ2v) is 5.73. The van der Waals surface area contributed by atoms with Crippen molar-refractivity contribution >= 4 is 11.3 Å². The smallest absolute Gasteiger partial charge is 0.122 e. The molecule has 4 heteroatoms. The lowest BCUT2D eigenvalue weighted by atomic mass is 10.1. The molecule has 0 atom stereocenters. The van der Waals surface area contributed by atoms with Crippen molar-refractivity contribution < 1.29 is 4.42 Å². The summed E-state index contributed by atoms with van der Waals surface area (Å²) in [7, 11) is 1.97.